The third-order valence-electron chi connectivity index (χ3n) is 4.35. The Hall–Kier alpha value is -2.66. The van der Waals surface area contributed by atoms with Crippen LogP contribution in [0, 0.1) is 0 Å². The lowest BCUT2D eigenvalue weighted by molar-refractivity contribution is 0.0998. The Morgan fingerprint density at radius 3 is 2.37 bits per heavy atom. The second-order valence-corrected chi connectivity index (χ2v) is 7.22. The highest BCUT2D eigenvalue weighted by atomic mass is 32.1. The lowest BCUT2D eigenvalue weighted by Crippen LogP contribution is -2.17. The van der Waals surface area contributed by atoms with Gasteiger partial charge in [-0.3, -0.25) is 4.79 Å². The van der Waals surface area contributed by atoms with Crippen LogP contribution in [0.3, 0.4) is 0 Å². The topological polar surface area (TPSA) is 43.6 Å². The molecule has 0 aliphatic rings. The summed E-state index contributed by atoms with van der Waals surface area (Å²) in [6.45, 7) is 5.02. The van der Waals surface area contributed by atoms with E-state index < -0.39 is 0 Å². The van der Waals surface area contributed by atoms with Crippen molar-refractivity contribution in [1.29, 1.82) is 0 Å². The first-order valence-corrected chi connectivity index (χ1v) is 10.0. The molecule has 3 rings (SSSR count). The summed E-state index contributed by atoms with van der Waals surface area (Å²) in [5.41, 5.74) is 2.90. The molecule has 1 amide bonds. The van der Waals surface area contributed by atoms with Crippen molar-refractivity contribution in [3.05, 3.63) is 69.8 Å². The van der Waals surface area contributed by atoms with Gasteiger partial charge in [0, 0.05) is 17.0 Å². The summed E-state index contributed by atoms with van der Waals surface area (Å²) < 4.78 is 7.30. The van der Waals surface area contributed by atoms with E-state index in [9.17, 15) is 4.79 Å². The number of thiazole rings is 1. The Balaban J connectivity index is 2.09. The summed E-state index contributed by atoms with van der Waals surface area (Å²) in [6.07, 6.45) is 2.02. The van der Waals surface area contributed by atoms with E-state index in [-0.39, 0.29) is 5.91 Å². The second kappa shape index (κ2) is 8.82. The fourth-order valence-electron chi connectivity index (χ4n) is 3.03. The molecule has 2 aromatic carbocycles. The van der Waals surface area contributed by atoms with Gasteiger partial charge in [0.2, 0.25) is 0 Å². The van der Waals surface area contributed by atoms with E-state index in [1.807, 2.05) is 18.2 Å². The molecule has 1 aromatic heterocycles. The molecule has 0 fully saturated rings. The second-order valence-electron chi connectivity index (χ2n) is 6.16. The van der Waals surface area contributed by atoms with Gasteiger partial charge in [-0.15, -0.1) is 11.3 Å². The number of nitrogens with zero attached hydrogens (tertiary/aromatic N) is 2. The molecule has 27 heavy (non-hydrogen) atoms. The molecular weight excluding hydrogens is 356 g/mol. The monoisotopic (exact) mass is 380 g/mol. The maximum Gasteiger partial charge on any atom is 0.279 e. The maximum atomic E-state index is 12.7. The van der Waals surface area contributed by atoms with Gasteiger partial charge in [0.15, 0.2) is 4.80 Å². The van der Waals surface area contributed by atoms with Crippen LogP contribution in [0.5, 0.6) is 5.75 Å². The van der Waals surface area contributed by atoms with Crippen molar-refractivity contribution in [2.24, 2.45) is 4.99 Å². The van der Waals surface area contributed by atoms with Crippen molar-refractivity contribution in [3.63, 3.8) is 0 Å². The minimum atomic E-state index is -0.233. The van der Waals surface area contributed by atoms with Crippen LogP contribution in [0.4, 0.5) is 0 Å². The number of hydrogen-bond donors (Lipinski definition) is 0. The molecule has 4 nitrogen and oxygen atoms in total. The van der Waals surface area contributed by atoms with E-state index in [0.29, 0.717) is 5.56 Å². The molecular formula is C22H24N2O2S. The van der Waals surface area contributed by atoms with Gasteiger partial charge in [-0.2, -0.15) is 4.99 Å². The largest absolute Gasteiger partial charge is 0.497 e. The number of aromatic nitrogens is 1. The minimum absolute atomic E-state index is 0.233. The van der Waals surface area contributed by atoms with Crippen molar-refractivity contribution in [2.45, 2.75) is 33.2 Å². The fraction of sp³-hybridized carbons (Fsp3) is 0.273. The van der Waals surface area contributed by atoms with Crippen LogP contribution in [0.1, 0.15) is 35.5 Å². The summed E-state index contributed by atoms with van der Waals surface area (Å²) >= 11 is 1.61. The summed E-state index contributed by atoms with van der Waals surface area (Å²) in [6, 6.07) is 17.4. The number of ether oxygens (including phenoxy) is 1. The van der Waals surface area contributed by atoms with Gasteiger partial charge in [0.25, 0.3) is 5.91 Å². The molecule has 0 saturated heterocycles. The maximum absolute atomic E-state index is 12.7. The molecule has 0 saturated carbocycles. The van der Waals surface area contributed by atoms with Gasteiger partial charge >= 0.3 is 0 Å². The predicted molar refractivity (Wildman–Crippen MR) is 110 cm³/mol. The normalized spacial score (nSPS) is 11.6. The summed E-state index contributed by atoms with van der Waals surface area (Å²) in [7, 11) is 1.61. The smallest absolute Gasteiger partial charge is 0.279 e. The third kappa shape index (κ3) is 4.19. The number of carbonyl (C=O) groups is 1. The molecule has 0 atom stereocenters. The van der Waals surface area contributed by atoms with Crippen LogP contribution >= 0.6 is 11.3 Å². The molecule has 140 valence electrons. The quantitative estimate of drug-likeness (QED) is 0.608. The number of aryl methyl sites for hydroxylation is 1. The standard InChI is InChI=1S/C22H24N2O2S/c1-4-9-19-20(16-10-7-6-8-11-16)24(5-2)22(27-19)23-21(25)17-12-14-18(26-3)15-13-17/h6-8,10-15H,4-5,9H2,1-3H3. The third-order valence-corrected chi connectivity index (χ3v) is 5.49. The van der Waals surface area contributed by atoms with Gasteiger partial charge in [-0.05, 0) is 43.2 Å². The first-order valence-electron chi connectivity index (χ1n) is 9.19. The number of methoxy groups -OCH3 is 1. The number of hydrogen-bond acceptors (Lipinski definition) is 3. The zero-order valence-corrected chi connectivity index (χ0v) is 16.8. The van der Waals surface area contributed by atoms with E-state index in [1.165, 1.54) is 10.6 Å². The molecule has 3 aromatic rings. The fourth-order valence-corrected chi connectivity index (χ4v) is 4.34. The van der Waals surface area contributed by atoms with Crippen molar-refractivity contribution in [3.8, 4) is 17.0 Å². The van der Waals surface area contributed by atoms with Crippen molar-refractivity contribution in [1.82, 2.24) is 4.57 Å². The van der Waals surface area contributed by atoms with Crippen LogP contribution < -0.4 is 9.54 Å². The predicted octanol–water partition coefficient (Wildman–Crippen LogP) is 4.94. The van der Waals surface area contributed by atoms with E-state index in [0.717, 1.165) is 35.5 Å². The molecule has 0 aliphatic carbocycles. The van der Waals surface area contributed by atoms with Crippen LogP contribution in [-0.2, 0) is 13.0 Å². The molecule has 0 aliphatic heterocycles. The van der Waals surface area contributed by atoms with Crippen molar-refractivity contribution < 1.29 is 9.53 Å². The minimum Gasteiger partial charge on any atom is -0.497 e. The van der Waals surface area contributed by atoms with Crippen LogP contribution in [0.25, 0.3) is 11.3 Å². The molecule has 0 N–H and O–H groups in total. The average molecular weight is 381 g/mol. The van der Waals surface area contributed by atoms with Crippen LogP contribution in [0.2, 0.25) is 0 Å². The Morgan fingerprint density at radius 1 is 1.07 bits per heavy atom. The highest BCUT2D eigenvalue weighted by Gasteiger charge is 2.15. The number of amides is 1. The first kappa shape index (κ1) is 19.1. The average Bonchev–Trinajstić information content (AvgIpc) is 3.05. The van der Waals surface area contributed by atoms with Gasteiger partial charge < -0.3 is 9.30 Å². The molecule has 5 heteroatoms. The number of carbonyl (C=O) groups excluding carboxylic acids is 1. The van der Waals surface area contributed by atoms with E-state index in [4.69, 9.17) is 4.74 Å². The molecule has 0 bridgehead atoms. The summed E-state index contributed by atoms with van der Waals surface area (Å²) in [5, 5.41) is 0. The SMILES string of the molecule is CCCc1sc(=NC(=O)c2ccc(OC)cc2)n(CC)c1-c1ccccc1. The Morgan fingerprint density at radius 2 is 1.78 bits per heavy atom. The lowest BCUT2D eigenvalue weighted by atomic mass is 10.1. The summed E-state index contributed by atoms with van der Waals surface area (Å²) in [5.74, 6) is 0.492. The number of benzene rings is 2. The Labute approximate surface area is 163 Å². The van der Waals surface area contributed by atoms with Gasteiger partial charge in [0.1, 0.15) is 5.75 Å². The van der Waals surface area contributed by atoms with Crippen molar-refractivity contribution >= 4 is 17.2 Å². The van der Waals surface area contributed by atoms with Crippen LogP contribution in [0.15, 0.2) is 59.6 Å². The number of rotatable bonds is 6. The van der Waals surface area contributed by atoms with Gasteiger partial charge in [-0.1, -0.05) is 43.7 Å². The first-order chi connectivity index (χ1) is 13.2. The lowest BCUT2D eigenvalue weighted by Gasteiger charge is -2.08. The Bertz CT molecular complexity index is 970. The van der Waals surface area contributed by atoms with Crippen LogP contribution in [-0.4, -0.2) is 17.6 Å². The van der Waals surface area contributed by atoms with E-state index in [2.05, 4.69) is 35.5 Å². The summed E-state index contributed by atoms with van der Waals surface area (Å²) in [4.78, 5) is 19.1. The zero-order chi connectivity index (χ0) is 19.2. The van der Waals surface area contributed by atoms with Gasteiger partial charge in [-0.25, -0.2) is 0 Å². The zero-order valence-electron chi connectivity index (χ0n) is 15.9. The molecule has 1 heterocycles. The molecule has 0 radical (unpaired) electrons. The van der Waals surface area contributed by atoms with Gasteiger partial charge in [0.05, 0.1) is 12.8 Å². The molecule has 0 unspecified atom stereocenters. The highest BCUT2D eigenvalue weighted by molar-refractivity contribution is 7.09. The van der Waals surface area contributed by atoms with E-state index in [1.54, 1.807) is 42.7 Å². The van der Waals surface area contributed by atoms with E-state index >= 15 is 0 Å². The molecule has 0 spiro atoms. The van der Waals surface area contributed by atoms with Crippen molar-refractivity contribution in [2.75, 3.05) is 7.11 Å². The highest BCUT2D eigenvalue weighted by Crippen LogP contribution is 2.27. The Kier molecular flexibility index (Phi) is 6.24.